The third-order valence-electron chi connectivity index (χ3n) is 2.39. The maximum atomic E-state index is 9.59. The highest BCUT2D eigenvalue weighted by atomic mass is 16.5. The van der Waals surface area contributed by atoms with Gasteiger partial charge >= 0.3 is 0 Å². The minimum absolute atomic E-state index is 0.354. The second-order valence-corrected chi connectivity index (χ2v) is 3.78. The van der Waals surface area contributed by atoms with Gasteiger partial charge in [-0.3, -0.25) is 0 Å². The summed E-state index contributed by atoms with van der Waals surface area (Å²) < 4.78 is 10.5. The van der Waals surface area contributed by atoms with Crippen molar-refractivity contribution >= 4 is 0 Å². The van der Waals surface area contributed by atoms with Crippen molar-refractivity contribution < 1.29 is 14.6 Å². The first-order valence-corrected chi connectivity index (χ1v) is 5.71. The molecule has 0 aliphatic carbocycles. The van der Waals surface area contributed by atoms with Crippen LogP contribution in [0, 0.1) is 0 Å². The van der Waals surface area contributed by atoms with Gasteiger partial charge in [0.2, 0.25) is 0 Å². The average molecular weight is 224 g/mol. The van der Waals surface area contributed by atoms with Crippen LogP contribution in [0.5, 0.6) is 11.5 Å². The van der Waals surface area contributed by atoms with E-state index in [0.29, 0.717) is 6.61 Å². The zero-order chi connectivity index (χ0) is 11.8. The summed E-state index contributed by atoms with van der Waals surface area (Å²) in [6, 6.07) is 7.36. The molecule has 0 fully saturated rings. The minimum Gasteiger partial charge on any atom is -0.497 e. The quantitative estimate of drug-likeness (QED) is 0.773. The zero-order valence-corrected chi connectivity index (χ0v) is 9.98. The second kappa shape index (κ2) is 7.12. The molecule has 1 unspecified atom stereocenters. The van der Waals surface area contributed by atoms with E-state index < -0.39 is 0 Å². The summed E-state index contributed by atoms with van der Waals surface area (Å²) in [4.78, 5) is 0. The number of methoxy groups -OCH3 is 1. The van der Waals surface area contributed by atoms with Crippen LogP contribution in [0.25, 0.3) is 0 Å². The molecule has 0 amide bonds. The molecule has 1 aromatic rings. The topological polar surface area (TPSA) is 38.7 Å². The zero-order valence-electron chi connectivity index (χ0n) is 9.98. The van der Waals surface area contributed by atoms with E-state index in [-0.39, 0.29) is 6.10 Å². The van der Waals surface area contributed by atoms with Crippen molar-refractivity contribution in [3.05, 3.63) is 24.3 Å². The Morgan fingerprint density at radius 2 is 1.81 bits per heavy atom. The average Bonchev–Trinajstić information content (AvgIpc) is 2.34. The molecule has 1 aromatic carbocycles. The summed E-state index contributed by atoms with van der Waals surface area (Å²) in [6.07, 6.45) is 2.56. The van der Waals surface area contributed by atoms with Crippen LogP contribution in [0.15, 0.2) is 24.3 Å². The Hall–Kier alpha value is -1.22. The van der Waals surface area contributed by atoms with Crippen LogP contribution in [0.4, 0.5) is 0 Å². The molecule has 3 heteroatoms. The number of rotatable bonds is 7. The molecule has 90 valence electrons. The van der Waals surface area contributed by atoms with Crippen LogP contribution in [0.1, 0.15) is 26.2 Å². The molecule has 0 aliphatic rings. The standard InChI is InChI=1S/C13H20O3/c1-3-4-5-11(14)10-16-13-8-6-12(15-2)7-9-13/h6-9,11,14H,3-5,10H2,1-2H3. The van der Waals surface area contributed by atoms with Crippen LogP contribution in [-0.2, 0) is 0 Å². The molecule has 0 bridgehead atoms. The Kier molecular flexibility index (Phi) is 5.72. The van der Waals surface area contributed by atoms with Crippen molar-refractivity contribution in [2.24, 2.45) is 0 Å². The molecule has 3 nitrogen and oxygen atoms in total. The Labute approximate surface area is 97.0 Å². The van der Waals surface area contributed by atoms with Crippen molar-refractivity contribution in [3.8, 4) is 11.5 Å². The smallest absolute Gasteiger partial charge is 0.119 e. The monoisotopic (exact) mass is 224 g/mol. The lowest BCUT2D eigenvalue weighted by Crippen LogP contribution is -2.17. The third kappa shape index (κ3) is 4.53. The SMILES string of the molecule is CCCCC(O)COc1ccc(OC)cc1. The highest BCUT2D eigenvalue weighted by Crippen LogP contribution is 2.17. The van der Waals surface area contributed by atoms with Gasteiger partial charge in [-0.25, -0.2) is 0 Å². The van der Waals surface area contributed by atoms with Gasteiger partial charge in [-0.1, -0.05) is 19.8 Å². The molecule has 1 N–H and O–H groups in total. The van der Waals surface area contributed by atoms with E-state index in [1.165, 1.54) is 0 Å². The van der Waals surface area contributed by atoms with Crippen LogP contribution >= 0.6 is 0 Å². The molecule has 0 saturated carbocycles. The fraction of sp³-hybridized carbons (Fsp3) is 0.538. The second-order valence-electron chi connectivity index (χ2n) is 3.78. The van der Waals surface area contributed by atoms with Gasteiger partial charge in [0.15, 0.2) is 0 Å². The fourth-order valence-electron chi connectivity index (χ4n) is 1.39. The Bertz CT molecular complexity index is 282. The molecule has 0 radical (unpaired) electrons. The van der Waals surface area contributed by atoms with Crippen molar-refractivity contribution in [1.29, 1.82) is 0 Å². The van der Waals surface area contributed by atoms with E-state index >= 15 is 0 Å². The lowest BCUT2D eigenvalue weighted by molar-refractivity contribution is 0.0980. The van der Waals surface area contributed by atoms with E-state index in [1.807, 2.05) is 24.3 Å². The van der Waals surface area contributed by atoms with Gasteiger partial charge in [0, 0.05) is 0 Å². The van der Waals surface area contributed by atoms with Crippen LogP contribution in [0.3, 0.4) is 0 Å². The predicted molar refractivity (Wildman–Crippen MR) is 64.0 cm³/mol. The maximum absolute atomic E-state index is 9.59. The van der Waals surface area contributed by atoms with Gasteiger partial charge in [-0.15, -0.1) is 0 Å². The van der Waals surface area contributed by atoms with Crippen molar-refractivity contribution in [1.82, 2.24) is 0 Å². The molecular weight excluding hydrogens is 204 g/mol. The summed E-state index contributed by atoms with van der Waals surface area (Å²) in [6.45, 7) is 2.46. The highest BCUT2D eigenvalue weighted by molar-refractivity contribution is 5.31. The van der Waals surface area contributed by atoms with Crippen molar-refractivity contribution in [3.63, 3.8) is 0 Å². The molecule has 0 spiro atoms. The summed E-state index contributed by atoms with van der Waals surface area (Å²) in [7, 11) is 1.63. The first kappa shape index (κ1) is 12.8. The summed E-state index contributed by atoms with van der Waals surface area (Å²) in [5.41, 5.74) is 0. The van der Waals surface area contributed by atoms with E-state index in [2.05, 4.69) is 6.92 Å². The van der Waals surface area contributed by atoms with E-state index in [1.54, 1.807) is 7.11 Å². The molecule has 0 aromatic heterocycles. The third-order valence-corrected chi connectivity index (χ3v) is 2.39. The molecule has 0 heterocycles. The van der Waals surface area contributed by atoms with Crippen molar-refractivity contribution in [2.45, 2.75) is 32.3 Å². The summed E-state index contributed by atoms with van der Waals surface area (Å²) >= 11 is 0. The maximum Gasteiger partial charge on any atom is 0.119 e. The normalized spacial score (nSPS) is 12.2. The number of ether oxygens (including phenoxy) is 2. The molecular formula is C13H20O3. The molecule has 1 atom stereocenters. The van der Waals surface area contributed by atoms with Crippen molar-refractivity contribution in [2.75, 3.05) is 13.7 Å². The summed E-state index contributed by atoms with van der Waals surface area (Å²) in [5.74, 6) is 1.57. The first-order valence-electron chi connectivity index (χ1n) is 5.71. The fourth-order valence-corrected chi connectivity index (χ4v) is 1.39. The number of unbranched alkanes of at least 4 members (excludes halogenated alkanes) is 1. The van der Waals surface area contributed by atoms with Crippen LogP contribution < -0.4 is 9.47 Å². The molecule has 0 saturated heterocycles. The number of hydrogen-bond acceptors (Lipinski definition) is 3. The molecule has 0 aliphatic heterocycles. The molecule has 16 heavy (non-hydrogen) atoms. The predicted octanol–water partition coefficient (Wildman–Crippen LogP) is 2.63. The number of hydrogen-bond donors (Lipinski definition) is 1. The molecule has 1 rings (SSSR count). The Morgan fingerprint density at radius 1 is 1.19 bits per heavy atom. The van der Waals surface area contributed by atoms with E-state index in [9.17, 15) is 5.11 Å². The van der Waals surface area contributed by atoms with Gasteiger partial charge in [-0.2, -0.15) is 0 Å². The largest absolute Gasteiger partial charge is 0.497 e. The van der Waals surface area contributed by atoms with Crippen LogP contribution in [0.2, 0.25) is 0 Å². The van der Waals surface area contributed by atoms with E-state index in [0.717, 1.165) is 30.8 Å². The number of benzene rings is 1. The van der Waals surface area contributed by atoms with Gasteiger partial charge in [0.25, 0.3) is 0 Å². The number of aliphatic hydroxyl groups is 1. The number of aliphatic hydroxyl groups excluding tert-OH is 1. The lowest BCUT2D eigenvalue weighted by atomic mass is 10.2. The van der Waals surface area contributed by atoms with Crippen LogP contribution in [-0.4, -0.2) is 24.9 Å². The van der Waals surface area contributed by atoms with Gasteiger partial charge in [0.05, 0.1) is 13.2 Å². The Balaban J connectivity index is 2.30. The lowest BCUT2D eigenvalue weighted by Gasteiger charge is -2.12. The van der Waals surface area contributed by atoms with Gasteiger partial charge in [0.1, 0.15) is 18.1 Å². The Morgan fingerprint density at radius 3 is 2.38 bits per heavy atom. The van der Waals surface area contributed by atoms with Gasteiger partial charge < -0.3 is 14.6 Å². The highest BCUT2D eigenvalue weighted by Gasteiger charge is 2.04. The van der Waals surface area contributed by atoms with Gasteiger partial charge in [-0.05, 0) is 30.7 Å². The minimum atomic E-state index is -0.373. The first-order chi connectivity index (χ1) is 7.76. The summed E-state index contributed by atoms with van der Waals surface area (Å²) in [5, 5.41) is 9.59. The van der Waals surface area contributed by atoms with E-state index in [4.69, 9.17) is 9.47 Å².